The lowest BCUT2D eigenvalue weighted by Crippen LogP contribution is -2.26. The largest absolute Gasteiger partial charge is 0.350 e. The van der Waals surface area contributed by atoms with Crippen LogP contribution in [0.3, 0.4) is 0 Å². The van der Waals surface area contributed by atoms with Crippen LogP contribution in [-0.4, -0.2) is 5.91 Å². The average molecular weight is 278 g/mol. The first-order valence-corrected chi connectivity index (χ1v) is 7.02. The number of amides is 1. The summed E-state index contributed by atoms with van der Waals surface area (Å²) < 4.78 is 0. The quantitative estimate of drug-likeness (QED) is 0.911. The first kappa shape index (κ1) is 14.8. The van der Waals surface area contributed by atoms with Gasteiger partial charge in [-0.1, -0.05) is 42.5 Å². The maximum absolute atomic E-state index is 12.0. The second-order valence-corrected chi connectivity index (χ2v) is 5.01. The summed E-state index contributed by atoms with van der Waals surface area (Å²) >= 11 is 0. The van der Waals surface area contributed by atoms with Crippen LogP contribution >= 0.6 is 0 Å². The molecule has 0 unspecified atom stereocenters. The number of carbonyl (C=O) groups is 1. The number of nitrogens with zero attached hydrogens (tertiary/aromatic N) is 1. The van der Waals surface area contributed by atoms with Crippen molar-refractivity contribution in [2.45, 2.75) is 25.8 Å². The van der Waals surface area contributed by atoms with Crippen molar-refractivity contribution in [3.05, 3.63) is 71.3 Å². The third-order valence-electron chi connectivity index (χ3n) is 3.40. The Morgan fingerprint density at radius 3 is 2.43 bits per heavy atom. The van der Waals surface area contributed by atoms with Gasteiger partial charge in [0.15, 0.2) is 0 Å². The van der Waals surface area contributed by atoms with Crippen molar-refractivity contribution in [1.29, 1.82) is 5.26 Å². The van der Waals surface area contributed by atoms with Crippen molar-refractivity contribution in [2.75, 3.05) is 0 Å². The number of aryl methyl sites for hydroxylation is 1. The molecule has 0 aliphatic carbocycles. The summed E-state index contributed by atoms with van der Waals surface area (Å²) in [6.07, 6.45) is 1.13. The van der Waals surface area contributed by atoms with Crippen LogP contribution in [0.1, 0.15) is 36.1 Å². The number of benzene rings is 2. The molecule has 3 nitrogen and oxygen atoms in total. The van der Waals surface area contributed by atoms with Crippen LogP contribution in [0.4, 0.5) is 0 Å². The zero-order valence-electron chi connectivity index (χ0n) is 12.0. The summed E-state index contributed by atoms with van der Waals surface area (Å²) in [5.74, 6) is 0.0377. The first-order valence-electron chi connectivity index (χ1n) is 7.02. The highest BCUT2D eigenvalue weighted by Gasteiger charge is 2.09. The van der Waals surface area contributed by atoms with Crippen LogP contribution in [0.2, 0.25) is 0 Å². The fourth-order valence-electron chi connectivity index (χ4n) is 2.14. The molecule has 0 bridgehead atoms. The average Bonchev–Trinajstić information content (AvgIpc) is 2.54. The van der Waals surface area contributed by atoms with E-state index in [9.17, 15) is 4.79 Å². The topological polar surface area (TPSA) is 52.9 Å². The normalized spacial score (nSPS) is 11.4. The number of nitriles is 1. The van der Waals surface area contributed by atoms with Crippen LogP contribution in [0.25, 0.3) is 0 Å². The molecule has 0 radical (unpaired) electrons. The molecule has 0 saturated heterocycles. The SMILES string of the molecule is C[C@H](NC(=O)CCc1ccc(C#N)cc1)c1ccccc1. The van der Waals surface area contributed by atoms with E-state index in [2.05, 4.69) is 11.4 Å². The Kier molecular flexibility index (Phi) is 5.11. The predicted molar refractivity (Wildman–Crippen MR) is 82.5 cm³/mol. The molecule has 0 spiro atoms. The highest BCUT2D eigenvalue weighted by Crippen LogP contribution is 2.12. The molecule has 2 aromatic rings. The maximum atomic E-state index is 12.0. The fourth-order valence-corrected chi connectivity index (χ4v) is 2.14. The van der Waals surface area contributed by atoms with Crippen LogP contribution in [0.5, 0.6) is 0 Å². The van der Waals surface area contributed by atoms with Crippen LogP contribution < -0.4 is 5.32 Å². The number of rotatable bonds is 5. The number of hydrogen-bond acceptors (Lipinski definition) is 2. The molecule has 2 rings (SSSR count). The summed E-state index contributed by atoms with van der Waals surface area (Å²) in [4.78, 5) is 12.0. The molecule has 1 amide bonds. The first-order chi connectivity index (χ1) is 10.2. The van der Waals surface area contributed by atoms with Gasteiger partial charge in [-0.15, -0.1) is 0 Å². The molecule has 106 valence electrons. The molecule has 2 aromatic carbocycles. The van der Waals surface area contributed by atoms with E-state index in [1.807, 2.05) is 49.4 Å². The Morgan fingerprint density at radius 1 is 1.14 bits per heavy atom. The second kappa shape index (κ2) is 7.25. The standard InChI is InChI=1S/C18H18N2O/c1-14(17-5-3-2-4-6-17)20-18(21)12-11-15-7-9-16(13-19)10-8-15/h2-10,14H,11-12H2,1H3,(H,20,21)/t14-/m0/s1. The zero-order chi connectivity index (χ0) is 15.1. The van der Waals surface area contributed by atoms with Crippen molar-refractivity contribution in [3.8, 4) is 6.07 Å². The molecule has 0 aliphatic rings. The van der Waals surface area contributed by atoms with E-state index < -0.39 is 0 Å². The van der Waals surface area contributed by atoms with Crippen LogP contribution in [0.15, 0.2) is 54.6 Å². The van der Waals surface area contributed by atoms with Crippen molar-refractivity contribution in [2.24, 2.45) is 0 Å². The summed E-state index contributed by atoms with van der Waals surface area (Å²) in [7, 11) is 0. The molecule has 0 aromatic heterocycles. The van der Waals surface area contributed by atoms with Gasteiger partial charge in [0, 0.05) is 6.42 Å². The lowest BCUT2D eigenvalue weighted by molar-refractivity contribution is -0.121. The molecule has 3 heteroatoms. The minimum atomic E-state index is 0.0136. The van der Waals surface area contributed by atoms with Gasteiger partial charge in [0.1, 0.15) is 0 Å². The van der Waals surface area contributed by atoms with Gasteiger partial charge in [0.25, 0.3) is 0 Å². The molecule has 1 N–H and O–H groups in total. The Bertz CT molecular complexity index is 627. The van der Waals surface area contributed by atoms with Gasteiger partial charge in [0.05, 0.1) is 17.7 Å². The molecule has 21 heavy (non-hydrogen) atoms. The molecule has 0 aliphatic heterocycles. The lowest BCUT2D eigenvalue weighted by atomic mass is 10.1. The van der Waals surface area contributed by atoms with Gasteiger partial charge in [0.2, 0.25) is 5.91 Å². The van der Waals surface area contributed by atoms with Gasteiger partial charge in [-0.3, -0.25) is 4.79 Å². The highest BCUT2D eigenvalue weighted by atomic mass is 16.1. The monoisotopic (exact) mass is 278 g/mol. The molecule has 0 saturated carbocycles. The number of hydrogen-bond donors (Lipinski definition) is 1. The summed E-state index contributed by atoms with van der Waals surface area (Å²) in [5, 5.41) is 11.7. The summed E-state index contributed by atoms with van der Waals surface area (Å²) in [5.41, 5.74) is 2.81. The van der Waals surface area contributed by atoms with Crippen molar-refractivity contribution >= 4 is 5.91 Å². The third kappa shape index (κ3) is 4.47. The Hall–Kier alpha value is -2.60. The molecular formula is C18H18N2O. The third-order valence-corrected chi connectivity index (χ3v) is 3.40. The fraction of sp³-hybridized carbons (Fsp3) is 0.222. The van der Waals surface area contributed by atoms with E-state index in [0.717, 1.165) is 11.1 Å². The lowest BCUT2D eigenvalue weighted by Gasteiger charge is -2.14. The molecule has 0 fully saturated rings. The van der Waals surface area contributed by atoms with Crippen molar-refractivity contribution in [3.63, 3.8) is 0 Å². The minimum Gasteiger partial charge on any atom is -0.350 e. The van der Waals surface area contributed by atoms with Crippen LogP contribution in [0, 0.1) is 11.3 Å². The Labute approximate surface area is 125 Å². The Balaban J connectivity index is 1.83. The van der Waals surface area contributed by atoms with Gasteiger partial charge in [-0.05, 0) is 36.6 Å². The van der Waals surface area contributed by atoms with Gasteiger partial charge < -0.3 is 5.32 Å². The van der Waals surface area contributed by atoms with Gasteiger partial charge in [-0.25, -0.2) is 0 Å². The van der Waals surface area contributed by atoms with E-state index in [-0.39, 0.29) is 11.9 Å². The number of nitrogens with one attached hydrogen (secondary N) is 1. The smallest absolute Gasteiger partial charge is 0.220 e. The van der Waals surface area contributed by atoms with E-state index in [0.29, 0.717) is 18.4 Å². The van der Waals surface area contributed by atoms with Crippen LogP contribution in [-0.2, 0) is 11.2 Å². The van der Waals surface area contributed by atoms with E-state index in [4.69, 9.17) is 5.26 Å². The summed E-state index contributed by atoms with van der Waals surface area (Å²) in [6, 6.07) is 19.3. The minimum absolute atomic E-state index is 0.0136. The van der Waals surface area contributed by atoms with Gasteiger partial charge in [-0.2, -0.15) is 5.26 Å². The van der Waals surface area contributed by atoms with E-state index in [1.54, 1.807) is 12.1 Å². The van der Waals surface area contributed by atoms with Crippen molar-refractivity contribution in [1.82, 2.24) is 5.32 Å². The number of carbonyl (C=O) groups excluding carboxylic acids is 1. The maximum Gasteiger partial charge on any atom is 0.220 e. The van der Waals surface area contributed by atoms with E-state index >= 15 is 0 Å². The molecule has 1 atom stereocenters. The summed E-state index contributed by atoms with van der Waals surface area (Å²) in [6.45, 7) is 1.98. The molecule has 0 heterocycles. The Morgan fingerprint density at radius 2 is 1.81 bits per heavy atom. The molecular weight excluding hydrogens is 260 g/mol. The predicted octanol–water partition coefficient (Wildman–Crippen LogP) is 3.37. The zero-order valence-corrected chi connectivity index (χ0v) is 12.0. The second-order valence-electron chi connectivity index (χ2n) is 5.01. The van der Waals surface area contributed by atoms with E-state index in [1.165, 1.54) is 0 Å². The highest BCUT2D eigenvalue weighted by molar-refractivity contribution is 5.76. The van der Waals surface area contributed by atoms with Crippen molar-refractivity contribution < 1.29 is 4.79 Å². The van der Waals surface area contributed by atoms with Gasteiger partial charge >= 0.3 is 0 Å².